The highest BCUT2D eigenvalue weighted by atomic mass is 16.5. The molecule has 1 atom stereocenters. The quantitative estimate of drug-likeness (QED) is 0.399. The minimum Gasteiger partial charge on any atom is -0.475 e. The number of rotatable bonds is 9. The fourth-order valence-corrected chi connectivity index (χ4v) is 1.81. The van der Waals surface area contributed by atoms with Crippen LogP contribution in [0.15, 0.2) is 23.3 Å². The van der Waals surface area contributed by atoms with E-state index in [-0.39, 0.29) is 6.04 Å². The molecule has 1 aromatic rings. The van der Waals surface area contributed by atoms with Gasteiger partial charge in [0, 0.05) is 45.6 Å². The fraction of sp³-hybridized carbons (Fsp3) is 0.600. The number of guanidine groups is 1. The molecular formula is C15H26N4O3. The van der Waals surface area contributed by atoms with E-state index in [1.807, 2.05) is 19.1 Å². The third kappa shape index (κ3) is 6.73. The highest BCUT2D eigenvalue weighted by Crippen LogP contribution is 2.13. The van der Waals surface area contributed by atoms with Gasteiger partial charge in [-0.05, 0) is 13.0 Å². The molecule has 0 bridgehead atoms. The molecule has 0 radical (unpaired) electrons. The second-order valence-electron chi connectivity index (χ2n) is 4.74. The maximum Gasteiger partial charge on any atom is 0.218 e. The molecule has 0 aliphatic heterocycles. The van der Waals surface area contributed by atoms with Crippen LogP contribution >= 0.6 is 0 Å². The zero-order valence-corrected chi connectivity index (χ0v) is 13.8. The van der Waals surface area contributed by atoms with Crippen molar-refractivity contribution in [2.75, 3.05) is 41.1 Å². The summed E-state index contributed by atoms with van der Waals surface area (Å²) in [7, 11) is 5.04. The smallest absolute Gasteiger partial charge is 0.218 e. The number of ether oxygens (including phenoxy) is 3. The molecule has 7 nitrogen and oxygen atoms in total. The number of methoxy groups -OCH3 is 2. The van der Waals surface area contributed by atoms with Crippen molar-refractivity contribution >= 4 is 5.96 Å². The minimum atomic E-state index is 0.169. The van der Waals surface area contributed by atoms with E-state index in [2.05, 4.69) is 20.6 Å². The van der Waals surface area contributed by atoms with Crippen molar-refractivity contribution < 1.29 is 14.2 Å². The summed E-state index contributed by atoms with van der Waals surface area (Å²) in [4.78, 5) is 8.43. The predicted octanol–water partition coefficient (Wildman–Crippen LogP) is 0.807. The first-order valence-electron chi connectivity index (χ1n) is 7.23. The van der Waals surface area contributed by atoms with Crippen molar-refractivity contribution in [1.82, 2.24) is 15.6 Å². The maximum absolute atomic E-state index is 5.61. The topological polar surface area (TPSA) is 77.0 Å². The molecule has 0 aliphatic rings. The average molecular weight is 310 g/mol. The molecular weight excluding hydrogens is 284 g/mol. The first-order chi connectivity index (χ1) is 10.7. The lowest BCUT2D eigenvalue weighted by Crippen LogP contribution is -2.43. The van der Waals surface area contributed by atoms with Crippen LogP contribution in [0, 0.1) is 0 Å². The summed E-state index contributed by atoms with van der Waals surface area (Å²) >= 11 is 0. The van der Waals surface area contributed by atoms with E-state index in [1.54, 1.807) is 27.5 Å². The van der Waals surface area contributed by atoms with Crippen molar-refractivity contribution in [3.8, 4) is 5.88 Å². The highest BCUT2D eigenvalue weighted by molar-refractivity contribution is 5.79. The number of pyridine rings is 1. The van der Waals surface area contributed by atoms with E-state index < -0.39 is 0 Å². The van der Waals surface area contributed by atoms with Gasteiger partial charge in [-0.2, -0.15) is 0 Å². The van der Waals surface area contributed by atoms with Gasteiger partial charge in [-0.25, -0.2) is 4.98 Å². The van der Waals surface area contributed by atoms with Crippen LogP contribution in [0.25, 0.3) is 0 Å². The highest BCUT2D eigenvalue weighted by Gasteiger charge is 2.08. The molecule has 0 aliphatic carbocycles. The second-order valence-corrected chi connectivity index (χ2v) is 4.74. The lowest BCUT2D eigenvalue weighted by atomic mass is 10.2. The fourth-order valence-electron chi connectivity index (χ4n) is 1.81. The van der Waals surface area contributed by atoms with Gasteiger partial charge in [-0.1, -0.05) is 6.07 Å². The van der Waals surface area contributed by atoms with Crippen molar-refractivity contribution in [3.63, 3.8) is 0 Å². The molecule has 1 rings (SSSR count). The molecule has 0 saturated carbocycles. The summed E-state index contributed by atoms with van der Waals surface area (Å²) in [6.07, 6.45) is 1.71. The molecule has 1 unspecified atom stereocenters. The number of hydrogen-bond acceptors (Lipinski definition) is 5. The Kier molecular flexibility index (Phi) is 8.94. The summed E-state index contributed by atoms with van der Waals surface area (Å²) in [5.41, 5.74) is 0.959. The maximum atomic E-state index is 5.61. The van der Waals surface area contributed by atoms with Gasteiger partial charge in [-0.15, -0.1) is 0 Å². The minimum absolute atomic E-state index is 0.169. The largest absolute Gasteiger partial charge is 0.475 e. The van der Waals surface area contributed by atoms with Gasteiger partial charge in [0.05, 0.1) is 13.2 Å². The zero-order chi connectivity index (χ0) is 16.2. The van der Waals surface area contributed by atoms with E-state index in [4.69, 9.17) is 14.2 Å². The molecule has 1 heterocycles. The lowest BCUT2D eigenvalue weighted by molar-refractivity contribution is 0.143. The molecule has 0 saturated heterocycles. The van der Waals surface area contributed by atoms with E-state index >= 15 is 0 Å². The SMILES string of the molecule is CN=C(NCc1cccnc1OCCOC)NC(C)COC. The Labute approximate surface area is 132 Å². The van der Waals surface area contributed by atoms with Crippen molar-refractivity contribution in [2.45, 2.75) is 19.5 Å². The standard InChI is InChI=1S/C15H26N4O3/c1-12(11-21-4)19-15(16-2)18-10-13-6-5-7-17-14(13)22-9-8-20-3/h5-7,12H,8-11H2,1-4H3,(H2,16,18,19). The molecule has 1 aromatic heterocycles. The number of aromatic nitrogens is 1. The van der Waals surface area contributed by atoms with Crippen LogP contribution in [0.1, 0.15) is 12.5 Å². The van der Waals surface area contributed by atoms with Gasteiger partial charge < -0.3 is 24.8 Å². The summed E-state index contributed by atoms with van der Waals surface area (Å²) in [6, 6.07) is 4.01. The Morgan fingerprint density at radius 2 is 2.14 bits per heavy atom. The van der Waals surface area contributed by atoms with E-state index in [9.17, 15) is 0 Å². The third-order valence-electron chi connectivity index (χ3n) is 2.85. The van der Waals surface area contributed by atoms with Crippen LogP contribution in [0.3, 0.4) is 0 Å². The van der Waals surface area contributed by atoms with Crippen LogP contribution in [-0.2, 0) is 16.0 Å². The summed E-state index contributed by atoms with van der Waals surface area (Å²) in [5.74, 6) is 1.31. The molecule has 7 heteroatoms. The molecule has 0 amide bonds. The molecule has 0 fully saturated rings. The molecule has 124 valence electrons. The second kappa shape index (κ2) is 10.8. The van der Waals surface area contributed by atoms with E-state index in [1.165, 1.54) is 0 Å². The summed E-state index contributed by atoms with van der Waals surface area (Å²) in [5, 5.41) is 6.48. The lowest BCUT2D eigenvalue weighted by Gasteiger charge is -2.17. The number of aliphatic imine (C=N–C) groups is 1. The Balaban J connectivity index is 2.55. The average Bonchev–Trinajstić information content (AvgIpc) is 2.53. The Morgan fingerprint density at radius 3 is 2.82 bits per heavy atom. The van der Waals surface area contributed by atoms with E-state index in [0.29, 0.717) is 38.2 Å². The first-order valence-corrected chi connectivity index (χ1v) is 7.23. The van der Waals surface area contributed by atoms with Crippen molar-refractivity contribution in [1.29, 1.82) is 0 Å². The van der Waals surface area contributed by atoms with Gasteiger partial charge in [-0.3, -0.25) is 4.99 Å². The number of nitrogens with zero attached hydrogens (tertiary/aromatic N) is 2. The van der Waals surface area contributed by atoms with Gasteiger partial charge in [0.2, 0.25) is 5.88 Å². The van der Waals surface area contributed by atoms with Gasteiger partial charge >= 0.3 is 0 Å². The Bertz CT molecular complexity index is 454. The summed E-state index contributed by atoms with van der Waals surface area (Å²) < 4.78 is 15.7. The Hall–Kier alpha value is -1.86. The molecule has 0 spiro atoms. The van der Waals surface area contributed by atoms with Crippen molar-refractivity contribution in [3.05, 3.63) is 23.9 Å². The van der Waals surface area contributed by atoms with Crippen LogP contribution in [0.5, 0.6) is 5.88 Å². The molecule has 2 N–H and O–H groups in total. The van der Waals surface area contributed by atoms with Crippen LogP contribution in [0.4, 0.5) is 0 Å². The monoisotopic (exact) mass is 310 g/mol. The van der Waals surface area contributed by atoms with Crippen molar-refractivity contribution in [2.24, 2.45) is 4.99 Å². The molecule has 22 heavy (non-hydrogen) atoms. The van der Waals surface area contributed by atoms with Crippen LogP contribution in [-0.4, -0.2) is 58.1 Å². The Morgan fingerprint density at radius 1 is 1.32 bits per heavy atom. The van der Waals surface area contributed by atoms with Crippen LogP contribution < -0.4 is 15.4 Å². The molecule has 0 aromatic carbocycles. The van der Waals surface area contributed by atoms with Crippen LogP contribution in [0.2, 0.25) is 0 Å². The third-order valence-corrected chi connectivity index (χ3v) is 2.85. The summed E-state index contributed by atoms with van der Waals surface area (Å²) in [6.45, 7) is 4.20. The van der Waals surface area contributed by atoms with Gasteiger partial charge in [0.25, 0.3) is 0 Å². The van der Waals surface area contributed by atoms with Gasteiger partial charge in [0.1, 0.15) is 6.61 Å². The van der Waals surface area contributed by atoms with E-state index in [0.717, 1.165) is 5.56 Å². The number of hydrogen-bond donors (Lipinski definition) is 2. The number of nitrogens with one attached hydrogen (secondary N) is 2. The zero-order valence-electron chi connectivity index (χ0n) is 13.8. The van der Waals surface area contributed by atoms with Gasteiger partial charge in [0.15, 0.2) is 5.96 Å². The predicted molar refractivity (Wildman–Crippen MR) is 86.3 cm³/mol. The normalized spacial score (nSPS) is 12.8. The first kappa shape index (κ1) is 18.2.